The van der Waals surface area contributed by atoms with Crippen molar-refractivity contribution in [3.63, 3.8) is 0 Å². The summed E-state index contributed by atoms with van der Waals surface area (Å²) in [4.78, 5) is 11.8. The van der Waals surface area contributed by atoms with Crippen LogP contribution in [0.5, 0.6) is 0 Å². The molecule has 0 aliphatic carbocycles. The maximum Gasteiger partial charge on any atom is 0.407 e. The van der Waals surface area contributed by atoms with E-state index in [-0.39, 0.29) is 23.6 Å². The van der Waals surface area contributed by atoms with Crippen molar-refractivity contribution in [2.75, 3.05) is 6.61 Å². The Morgan fingerprint density at radius 2 is 1.73 bits per heavy atom. The molecule has 0 aromatic carbocycles. The number of aliphatic hydroxyl groups is 1. The molecule has 0 fully saturated rings. The Hall–Kier alpha value is -0.813. The van der Waals surface area contributed by atoms with E-state index in [1.807, 2.05) is 27.7 Å². The van der Waals surface area contributed by atoms with Crippen LogP contribution in [0.2, 0.25) is 18.1 Å². The predicted molar refractivity (Wildman–Crippen MR) is 95.7 cm³/mol. The molecule has 5 heteroatoms. The fraction of sp³-hybridized carbons (Fsp3) is 0.824. The van der Waals surface area contributed by atoms with Crippen molar-refractivity contribution in [1.29, 1.82) is 0 Å². The molecule has 4 nitrogen and oxygen atoms in total. The van der Waals surface area contributed by atoms with Crippen molar-refractivity contribution in [3.8, 4) is 0 Å². The van der Waals surface area contributed by atoms with Crippen LogP contribution >= 0.6 is 0 Å². The molecule has 0 unspecified atom stereocenters. The number of carbonyl (C=O) groups is 1. The number of nitrogens with one attached hydrogen (secondary N) is 1. The SMILES string of the molecule is C[C@@H](C=C[Si](C)(C)C(C)(C)C)[C@@H](CO)NC(=O)OC(C)(C)C. The molecule has 0 rings (SSSR count). The highest BCUT2D eigenvalue weighted by molar-refractivity contribution is 6.84. The quantitative estimate of drug-likeness (QED) is 0.746. The number of hydrogen-bond acceptors (Lipinski definition) is 3. The van der Waals surface area contributed by atoms with Gasteiger partial charge in [0.05, 0.1) is 20.7 Å². The third kappa shape index (κ3) is 7.45. The van der Waals surface area contributed by atoms with E-state index < -0.39 is 19.8 Å². The number of alkyl carbamates (subject to hydrolysis) is 1. The summed E-state index contributed by atoms with van der Waals surface area (Å²) in [5.74, 6) is 0.0478. The van der Waals surface area contributed by atoms with E-state index in [1.54, 1.807) is 0 Å². The van der Waals surface area contributed by atoms with Gasteiger partial charge in [0, 0.05) is 0 Å². The minimum Gasteiger partial charge on any atom is -0.444 e. The normalized spacial score (nSPS) is 16.5. The summed E-state index contributed by atoms with van der Waals surface area (Å²) >= 11 is 0. The second kappa shape index (κ2) is 7.64. The molecule has 0 aliphatic heterocycles. The van der Waals surface area contributed by atoms with Gasteiger partial charge in [0.2, 0.25) is 0 Å². The highest BCUT2D eigenvalue weighted by Crippen LogP contribution is 2.36. The minimum absolute atomic E-state index is 0.0478. The molecule has 22 heavy (non-hydrogen) atoms. The Morgan fingerprint density at radius 1 is 1.23 bits per heavy atom. The minimum atomic E-state index is -1.51. The molecule has 0 aliphatic rings. The fourth-order valence-electron chi connectivity index (χ4n) is 1.58. The molecule has 0 bridgehead atoms. The van der Waals surface area contributed by atoms with Gasteiger partial charge in [-0.05, 0) is 31.7 Å². The topological polar surface area (TPSA) is 58.6 Å². The summed E-state index contributed by atoms with van der Waals surface area (Å²) in [6.45, 7) is 18.8. The van der Waals surface area contributed by atoms with Crippen molar-refractivity contribution < 1.29 is 14.6 Å². The van der Waals surface area contributed by atoms with E-state index in [2.05, 4.69) is 51.0 Å². The van der Waals surface area contributed by atoms with Gasteiger partial charge in [-0.3, -0.25) is 0 Å². The summed E-state index contributed by atoms with van der Waals surface area (Å²) in [6.07, 6.45) is 1.63. The first-order valence-corrected chi connectivity index (χ1v) is 11.1. The molecule has 0 heterocycles. The van der Waals surface area contributed by atoms with Crippen molar-refractivity contribution in [2.24, 2.45) is 5.92 Å². The summed E-state index contributed by atoms with van der Waals surface area (Å²) in [7, 11) is -1.51. The molecule has 130 valence electrons. The van der Waals surface area contributed by atoms with Gasteiger partial charge in [-0.2, -0.15) is 0 Å². The van der Waals surface area contributed by atoms with Crippen molar-refractivity contribution in [3.05, 3.63) is 11.8 Å². The van der Waals surface area contributed by atoms with Crippen LogP contribution in [-0.4, -0.2) is 37.5 Å². The summed E-state index contributed by atoms with van der Waals surface area (Å²) in [5.41, 5.74) is 1.77. The van der Waals surface area contributed by atoms with Gasteiger partial charge in [0.1, 0.15) is 5.60 Å². The Labute approximate surface area is 137 Å². The van der Waals surface area contributed by atoms with Crippen LogP contribution in [0.1, 0.15) is 48.5 Å². The largest absolute Gasteiger partial charge is 0.444 e. The molecule has 2 atom stereocenters. The number of rotatable bonds is 5. The van der Waals surface area contributed by atoms with Crippen molar-refractivity contribution in [2.45, 2.75) is 78.2 Å². The second-order valence-corrected chi connectivity index (χ2v) is 13.9. The lowest BCUT2D eigenvalue weighted by atomic mass is 10.0. The Balaban J connectivity index is 4.80. The first-order chi connectivity index (χ1) is 9.69. The first-order valence-electron chi connectivity index (χ1n) is 7.99. The smallest absolute Gasteiger partial charge is 0.407 e. The predicted octanol–water partition coefficient (Wildman–Crippen LogP) is 4.11. The van der Waals surface area contributed by atoms with E-state index in [9.17, 15) is 9.90 Å². The van der Waals surface area contributed by atoms with Crippen LogP contribution in [0.15, 0.2) is 11.8 Å². The van der Waals surface area contributed by atoms with Crippen LogP contribution in [0.3, 0.4) is 0 Å². The summed E-state index contributed by atoms with van der Waals surface area (Å²) < 4.78 is 5.24. The zero-order chi connectivity index (χ0) is 17.8. The van der Waals surface area contributed by atoms with Crippen LogP contribution in [0, 0.1) is 5.92 Å². The number of hydrogen-bond donors (Lipinski definition) is 2. The molecule has 0 saturated carbocycles. The second-order valence-electron chi connectivity index (χ2n) is 8.63. The van der Waals surface area contributed by atoms with Crippen LogP contribution in [-0.2, 0) is 4.74 Å². The van der Waals surface area contributed by atoms with Crippen LogP contribution in [0.4, 0.5) is 4.79 Å². The van der Waals surface area contributed by atoms with E-state index in [0.29, 0.717) is 0 Å². The van der Waals surface area contributed by atoms with E-state index in [4.69, 9.17) is 4.74 Å². The molecule has 0 spiro atoms. The zero-order valence-electron chi connectivity index (χ0n) is 15.8. The van der Waals surface area contributed by atoms with Gasteiger partial charge >= 0.3 is 6.09 Å². The highest BCUT2D eigenvalue weighted by atomic mass is 28.3. The van der Waals surface area contributed by atoms with Gasteiger partial charge < -0.3 is 15.2 Å². The standard InChI is InChI=1S/C17H35NO3Si/c1-13(10-11-22(8,9)17(5,6)7)14(12-19)18-15(20)21-16(2,3)4/h10-11,13-14,19H,12H2,1-9H3,(H,18,20)/t13-,14+/m0/s1. The number of amides is 1. The molecule has 0 saturated heterocycles. The lowest BCUT2D eigenvalue weighted by Crippen LogP contribution is -2.44. The number of aliphatic hydroxyl groups excluding tert-OH is 1. The molecular weight excluding hydrogens is 294 g/mol. The summed E-state index contributed by atoms with van der Waals surface area (Å²) in [6, 6.07) is -0.337. The number of carbonyl (C=O) groups excluding carboxylic acids is 1. The van der Waals surface area contributed by atoms with E-state index in [1.165, 1.54) is 0 Å². The first kappa shape index (κ1) is 21.2. The monoisotopic (exact) mass is 329 g/mol. The highest BCUT2D eigenvalue weighted by Gasteiger charge is 2.32. The third-order valence-electron chi connectivity index (χ3n) is 4.28. The van der Waals surface area contributed by atoms with Gasteiger partial charge in [0.25, 0.3) is 0 Å². The lowest BCUT2D eigenvalue weighted by molar-refractivity contribution is 0.0468. The van der Waals surface area contributed by atoms with Gasteiger partial charge in [-0.15, -0.1) is 0 Å². The van der Waals surface area contributed by atoms with Crippen molar-refractivity contribution in [1.82, 2.24) is 5.32 Å². The van der Waals surface area contributed by atoms with Crippen molar-refractivity contribution >= 4 is 14.2 Å². The Bertz CT molecular complexity index is 392. The van der Waals surface area contributed by atoms with Crippen LogP contribution in [0.25, 0.3) is 0 Å². The van der Waals surface area contributed by atoms with E-state index >= 15 is 0 Å². The van der Waals surface area contributed by atoms with E-state index in [0.717, 1.165) is 0 Å². The molecule has 0 radical (unpaired) electrons. The van der Waals surface area contributed by atoms with Gasteiger partial charge in [-0.1, -0.05) is 52.6 Å². The van der Waals surface area contributed by atoms with Gasteiger partial charge in [0.15, 0.2) is 0 Å². The number of ether oxygens (including phenoxy) is 1. The fourth-order valence-corrected chi connectivity index (χ4v) is 2.86. The lowest BCUT2D eigenvalue weighted by Gasteiger charge is -2.34. The Kier molecular flexibility index (Phi) is 7.36. The molecular formula is C17H35NO3Si. The Morgan fingerprint density at radius 3 is 2.09 bits per heavy atom. The summed E-state index contributed by atoms with van der Waals surface area (Å²) in [5, 5.41) is 12.6. The molecule has 2 N–H and O–H groups in total. The third-order valence-corrected chi connectivity index (χ3v) is 9.17. The maximum atomic E-state index is 11.8. The molecule has 0 aromatic rings. The molecule has 1 amide bonds. The van der Waals surface area contributed by atoms with Gasteiger partial charge in [-0.25, -0.2) is 4.79 Å². The maximum absolute atomic E-state index is 11.8. The average molecular weight is 330 g/mol. The van der Waals surface area contributed by atoms with Crippen LogP contribution < -0.4 is 5.32 Å². The average Bonchev–Trinajstić information content (AvgIpc) is 2.29. The molecule has 0 aromatic heterocycles. The zero-order valence-corrected chi connectivity index (χ0v) is 16.8.